The molecule has 1 unspecified atom stereocenters. The van der Waals surface area contributed by atoms with E-state index in [0.29, 0.717) is 6.61 Å². The zero-order valence-electron chi connectivity index (χ0n) is 5.41. The maximum atomic E-state index is 8.39. The van der Waals surface area contributed by atoms with Crippen molar-refractivity contribution in [1.82, 2.24) is 0 Å². The minimum absolute atomic E-state index is 0.226. The number of hydrogen-bond acceptors (Lipinski definition) is 4. The van der Waals surface area contributed by atoms with E-state index in [2.05, 4.69) is 4.89 Å². The topological polar surface area (TPSA) is 58.9 Å². The fraction of sp³-hybridized carbons (Fsp3) is 1.00. The van der Waals surface area contributed by atoms with Gasteiger partial charge in [0.1, 0.15) is 6.10 Å². The van der Waals surface area contributed by atoms with Crippen LogP contribution in [0.5, 0.6) is 0 Å². The first-order chi connectivity index (χ1) is 4.35. The quantitative estimate of drug-likeness (QED) is 0.408. The summed E-state index contributed by atoms with van der Waals surface area (Å²) in [6.45, 7) is 2.38. The first-order valence-electron chi connectivity index (χ1n) is 2.84. The van der Waals surface area contributed by atoms with Gasteiger partial charge in [-0.1, -0.05) is 0 Å². The molecule has 0 rings (SSSR count). The predicted molar refractivity (Wildman–Crippen MR) is 31.1 cm³/mol. The average molecular weight is 136 g/mol. The minimum Gasteiger partial charge on any atom is -0.393 e. The van der Waals surface area contributed by atoms with E-state index in [-0.39, 0.29) is 13.2 Å². The minimum atomic E-state index is -0.607. The molecule has 0 radical (unpaired) electrons. The number of aliphatic hydroxyl groups excluding tert-OH is 1. The van der Waals surface area contributed by atoms with Crippen molar-refractivity contribution in [2.24, 2.45) is 0 Å². The van der Waals surface area contributed by atoms with Crippen LogP contribution in [0.3, 0.4) is 0 Å². The highest BCUT2D eigenvalue weighted by Crippen LogP contribution is 1.88. The lowest BCUT2D eigenvalue weighted by Gasteiger charge is -2.08. The molecule has 0 saturated heterocycles. The molecule has 1 atom stereocenters. The van der Waals surface area contributed by atoms with E-state index in [9.17, 15) is 0 Å². The molecule has 56 valence electrons. The van der Waals surface area contributed by atoms with E-state index in [1.165, 1.54) is 0 Å². The lowest BCUT2D eigenvalue weighted by atomic mass is 10.4. The van der Waals surface area contributed by atoms with Gasteiger partial charge in [0.15, 0.2) is 0 Å². The summed E-state index contributed by atoms with van der Waals surface area (Å²) in [7, 11) is 0. The highest BCUT2D eigenvalue weighted by atomic mass is 17.1. The van der Waals surface area contributed by atoms with Gasteiger partial charge in [-0.15, -0.1) is 0 Å². The molecule has 0 saturated carbocycles. The molecule has 0 aromatic heterocycles. The molecule has 0 aromatic rings. The Morgan fingerprint density at radius 3 is 2.56 bits per heavy atom. The monoisotopic (exact) mass is 136 g/mol. The molecule has 0 bridgehead atoms. The van der Waals surface area contributed by atoms with Crippen LogP contribution in [-0.4, -0.2) is 36.3 Å². The molecular formula is C5H12O4. The Balaban J connectivity index is 3.09. The van der Waals surface area contributed by atoms with E-state index >= 15 is 0 Å². The molecule has 0 heterocycles. The number of hydrogen-bond donors (Lipinski definition) is 2. The lowest BCUT2D eigenvalue weighted by molar-refractivity contribution is -0.292. The Morgan fingerprint density at radius 2 is 2.22 bits per heavy atom. The number of aliphatic hydroxyl groups is 1. The first-order valence-corrected chi connectivity index (χ1v) is 2.84. The molecular weight excluding hydrogens is 124 g/mol. The van der Waals surface area contributed by atoms with Crippen molar-refractivity contribution >= 4 is 0 Å². The Labute approximate surface area is 53.9 Å². The Bertz CT molecular complexity index is 52.9. The van der Waals surface area contributed by atoms with Gasteiger partial charge in [-0.3, -0.25) is 5.26 Å². The maximum Gasteiger partial charge on any atom is 0.139 e. The van der Waals surface area contributed by atoms with Crippen LogP contribution in [0.1, 0.15) is 6.92 Å². The van der Waals surface area contributed by atoms with E-state index in [1.54, 1.807) is 0 Å². The third kappa shape index (κ3) is 4.35. The summed E-state index contributed by atoms with van der Waals surface area (Å²) >= 11 is 0. The molecule has 0 amide bonds. The van der Waals surface area contributed by atoms with E-state index in [4.69, 9.17) is 15.1 Å². The highest BCUT2D eigenvalue weighted by Gasteiger charge is 2.05. The molecule has 2 N–H and O–H groups in total. The van der Waals surface area contributed by atoms with Crippen molar-refractivity contribution in [1.29, 1.82) is 0 Å². The molecule has 0 fully saturated rings. The normalized spacial score (nSPS) is 13.7. The molecule has 0 spiro atoms. The van der Waals surface area contributed by atoms with Crippen molar-refractivity contribution < 1.29 is 20.0 Å². The number of ether oxygens (including phenoxy) is 1. The van der Waals surface area contributed by atoms with Gasteiger partial charge in [-0.05, 0) is 6.92 Å². The average Bonchev–Trinajstić information content (AvgIpc) is 1.91. The summed E-state index contributed by atoms with van der Waals surface area (Å²) in [6.07, 6.45) is -0.607. The van der Waals surface area contributed by atoms with Gasteiger partial charge in [0.2, 0.25) is 0 Å². The van der Waals surface area contributed by atoms with Crippen molar-refractivity contribution in [3.8, 4) is 0 Å². The Hall–Kier alpha value is -0.160. The smallest absolute Gasteiger partial charge is 0.139 e. The number of rotatable bonds is 5. The van der Waals surface area contributed by atoms with Crippen LogP contribution in [0.2, 0.25) is 0 Å². The molecule has 9 heavy (non-hydrogen) atoms. The second-order valence-corrected chi connectivity index (χ2v) is 1.57. The molecule has 0 aliphatic rings. The van der Waals surface area contributed by atoms with Gasteiger partial charge in [0.25, 0.3) is 0 Å². The zero-order valence-corrected chi connectivity index (χ0v) is 5.41. The van der Waals surface area contributed by atoms with Crippen LogP contribution in [0.25, 0.3) is 0 Å². The summed E-state index contributed by atoms with van der Waals surface area (Å²) in [5.41, 5.74) is 0. The first kappa shape index (κ1) is 8.84. The third-order valence-corrected chi connectivity index (χ3v) is 0.861. The van der Waals surface area contributed by atoms with Crippen LogP contribution in [-0.2, 0) is 9.62 Å². The summed E-state index contributed by atoms with van der Waals surface area (Å²) in [5.74, 6) is 0. The molecule has 0 aliphatic carbocycles. The van der Waals surface area contributed by atoms with Crippen LogP contribution < -0.4 is 0 Å². The van der Waals surface area contributed by atoms with Crippen molar-refractivity contribution in [3.05, 3.63) is 0 Å². The van der Waals surface area contributed by atoms with Gasteiger partial charge >= 0.3 is 0 Å². The van der Waals surface area contributed by atoms with Gasteiger partial charge in [-0.25, -0.2) is 4.89 Å². The largest absolute Gasteiger partial charge is 0.393 e. The van der Waals surface area contributed by atoms with Crippen molar-refractivity contribution in [2.45, 2.75) is 13.0 Å². The second kappa shape index (κ2) is 5.97. The standard InChI is InChI=1S/C5H12O4/c1-2-8-4-5(3-6)9-7/h5-7H,2-4H2,1H3. The van der Waals surface area contributed by atoms with E-state index in [1.807, 2.05) is 6.92 Å². The Morgan fingerprint density at radius 1 is 1.56 bits per heavy atom. The van der Waals surface area contributed by atoms with Crippen LogP contribution >= 0.6 is 0 Å². The van der Waals surface area contributed by atoms with Crippen LogP contribution in [0, 0.1) is 0 Å². The van der Waals surface area contributed by atoms with Gasteiger partial charge < -0.3 is 9.84 Å². The fourth-order valence-corrected chi connectivity index (χ4v) is 0.366. The predicted octanol–water partition coefficient (Wildman–Crippen LogP) is -0.127. The maximum absolute atomic E-state index is 8.39. The summed E-state index contributed by atoms with van der Waals surface area (Å²) in [4.78, 5) is 3.83. The molecule has 4 heteroatoms. The molecule has 0 aromatic carbocycles. The van der Waals surface area contributed by atoms with Crippen molar-refractivity contribution in [2.75, 3.05) is 19.8 Å². The third-order valence-electron chi connectivity index (χ3n) is 0.861. The Kier molecular flexibility index (Phi) is 5.86. The summed E-state index contributed by atoms with van der Waals surface area (Å²) < 4.78 is 4.83. The highest BCUT2D eigenvalue weighted by molar-refractivity contribution is 4.49. The molecule has 4 nitrogen and oxygen atoms in total. The van der Waals surface area contributed by atoms with E-state index < -0.39 is 6.10 Å². The van der Waals surface area contributed by atoms with Crippen LogP contribution in [0.4, 0.5) is 0 Å². The van der Waals surface area contributed by atoms with Gasteiger partial charge in [0.05, 0.1) is 13.2 Å². The van der Waals surface area contributed by atoms with E-state index in [0.717, 1.165) is 0 Å². The fourth-order valence-electron chi connectivity index (χ4n) is 0.366. The lowest BCUT2D eigenvalue weighted by Crippen LogP contribution is -2.22. The molecule has 0 aliphatic heterocycles. The zero-order chi connectivity index (χ0) is 7.11. The SMILES string of the molecule is CCOCC(CO)OO. The summed E-state index contributed by atoms with van der Waals surface area (Å²) in [5, 5.41) is 16.4. The van der Waals surface area contributed by atoms with Crippen molar-refractivity contribution in [3.63, 3.8) is 0 Å². The second-order valence-electron chi connectivity index (χ2n) is 1.57. The summed E-state index contributed by atoms with van der Waals surface area (Å²) in [6, 6.07) is 0. The van der Waals surface area contributed by atoms with Gasteiger partial charge in [0, 0.05) is 6.61 Å². The van der Waals surface area contributed by atoms with Crippen LogP contribution in [0.15, 0.2) is 0 Å². The van der Waals surface area contributed by atoms with Gasteiger partial charge in [-0.2, -0.15) is 0 Å².